The number of benzene rings is 2. The van der Waals surface area contributed by atoms with Crippen molar-refractivity contribution in [2.45, 2.75) is 6.92 Å². The predicted octanol–water partition coefficient (Wildman–Crippen LogP) is 3.00. The first-order valence-electron chi connectivity index (χ1n) is 7.37. The summed E-state index contributed by atoms with van der Waals surface area (Å²) in [6.07, 6.45) is 0. The van der Waals surface area contributed by atoms with Crippen LogP contribution in [-0.2, 0) is 0 Å². The Hall–Kier alpha value is -3.48. The van der Waals surface area contributed by atoms with E-state index in [2.05, 4.69) is 31.3 Å². The molecule has 2 amide bonds. The van der Waals surface area contributed by atoms with Gasteiger partial charge in [-0.1, -0.05) is 48.5 Å². The van der Waals surface area contributed by atoms with Gasteiger partial charge in [0, 0.05) is 11.3 Å². The molecule has 0 radical (unpaired) electrons. The summed E-state index contributed by atoms with van der Waals surface area (Å²) in [5.41, 5.74) is 8.15. The molecule has 0 aliphatic heterocycles. The number of rotatable bonds is 4. The molecule has 2 aromatic carbocycles. The van der Waals surface area contributed by atoms with E-state index in [1.54, 1.807) is 12.1 Å². The molecule has 0 atom stereocenters. The number of hydrazine groups is 1. The van der Waals surface area contributed by atoms with Crippen LogP contribution >= 0.6 is 0 Å². The lowest BCUT2D eigenvalue weighted by atomic mass is 10.1. The number of nitrogens with one attached hydrogen (secondary N) is 3. The maximum atomic E-state index is 11.8. The van der Waals surface area contributed by atoms with E-state index in [4.69, 9.17) is 0 Å². The molecule has 0 spiro atoms. The molecule has 120 valence electrons. The van der Waals surface area contributed by atoms with Gasteiger partial charge in [-0.25, -0.2) is 15.2 Å². The summed E-state index contributed by atoms with van der Waals surface area (Å²) in [6.45, 7) is 1.84. The lowest BCUT2D eigenvalue weighted by Crippen LogP contribution is -2.34. The number of urea groups is 1. The van der Waals surface area contributed by atoms with E-state index in [0.29, 0.717) is 17.1 Å². The average Bonchev–Trinajstić information content (AvgIpc) is 2.62. The summed E-state index contributed by atoms with van der Waals surface area (Å²) < 4.78 is 0. The summed E-state index contributed by atoms with van der Waals surface area (Å²) in [7, 11) is 0. The first-order chi connectivity index (χ1) is 11.7. The number of amides is 2. The van der Waals surface area contributed by atoms with Gasteiger partial charge in [-0.3, -0.25) is 5.43 Å². The van der Waals surface area contributed by atoms with Crippen LogP contribution in [-0.4, -0.2) is 21.2 Å². The molecule has 3 aromatic rings. The third-order valence-corrected chi connectivity index (χ3v) is 3.23. The summed E-state index contributed by atoms with van der Waals surface area (Å²) in [6, 6.07) is 18.4. The summed E-state index contributed by atoms with van der Waals surface area (Å²) in [4.78, 5) is 16.1. The van der Waals surface area contributed by atoms with E-state index in [9.17, 15) is 4.79 Å². The second kappa shape index (κ2) is 7.19. The molecular weight excluding hydrogens is 304 g/mol. The molecular formula is C17H16N6O. The fraction of sp³-hybridized carbons (Fsp3) is 0.0588. The molecule has 0 saturated heterocycles. The van der Waals surface area contributed by atoms with Crippen molar-refractivity contribution >= 4 is 17.7 Å². The van der Waals surface area contributed by atoms with Gasteiger partial charge in [0.25, 0.3) is 5.95 Å². The number of hydrogen-bond donors (Lipinski definition) is 3. The van der Waals surface area contributed by atoms with Gasteiger partial charge >= 0.3 is 6.03 Å². The highest BCUT2D eigenvalue weighted by atomic mass is 16.2. The quantitative estimate of drug-likeness (QED) is 0.643. The van der Waals surface area contributed by atoms with Crippen molar-refractivity contribution in [1.82, 2.24) is 20.6 Å². The average molecular weight is 320 g/mol. The molecule has 0 bridgehead atoms. The smallest absolute Gasteiger partial charge is 0.307 e. The SMILES string of the molecule is Cc1nc(NNC(=O)Nc2ccccc2)nnc1-c1ccccc1. The van der Waals surface area contributed by atoms with Crippen LogP contribution in [0.3, 0.4) is 0 Å². The highest BCUT2D eigenvalue weighted by Gasteiger charge is 2.08. The topological polar surface area (TPSA) is 91.8 Å². The van der Waals surface area contributed by atoms with Crippen molar-refractivity contribution in [3.63, 3.8) is 0 Å². The van der Waals surface area contributed by atoms with Crippen LogP contribution in [0.25, 0.3) is 11.3 Å². The maximum absolute atomic E-state index is 11.8. The maximum Gasteiger partial charge on any atom is 0.337 e. The van der Waals surface area contributed by atoms with E-state index in [1.165, 1.54) is 0 Å². The Balaban J connectivity index is 1.62. The van der Waals surface area contributed by atoms with Gasteiger partial charge in [-0.2, -0.15) is 0 Å². The largest absolute Gasteiger partial charge is 0.337 e. The highest BCUT2D eigenvalue weighted by molar-refractivity contribution is 5.89. The molecule has 7 heteroatoms. The Kier molecular flexibility index (Phi) is 4.62. The minimum absolute atomic E-state index is 0.218. The molecule has 3 N–H and O–H groups in total. The van der Waals surface area contributed by atoms with Crippen molar-refractivity contribution in [3.8, 4) is 11.3 Å². The van der Waals surface area contributed by atoms with E-state index in [1.807, 2.05) is 55.5 Å². The zero-order chi connectivity index (χ0) is 16.8. The number of anilines is 2. The number of para-hydroxylation sites is 1. The second-order valence-electron chi connectivity index (χ2n) is 5.01. The van der Waals surface area contributed by atoms with Crippen molar-refractivity contribution in [3.05, 3.63) is 66.4 Å². The normalized spacial score (nSPS) is 10.0. The molecule has 7 nitrogen and oxygen atoms in total. The number of carbonyl (C=O) groups is 1. The van der Waals surface area contributed by atoms with Crippen LogP contribution in [0.5, 0.6) is 0 Å². The van der Waals surface area contributed by atoms with Gasteiger partial charge in [-0.15, -0.1) is 10.2 Å². The Morgan fingerprint density at radius 2 is 1.58 bits per heavy atom. The minimum Gasteiger partial charge on any atom is -0.307 e. The third kappa shape index (κ3) is 3.83. The van der Waals surface area contributed by atoms with Crippen molar-refractivity contribution in [2.24, 2.45) is 0 Å². The predicted molar refractivity (Wildman–Crippen MR) is 92.2 cm³/mol. The van der Waals surface area contributed by atoms with Crippen LogP contribution in [0.2, 0.25) is 0 Å². The van der Waals surface area contributed by atoms with Gasteiger partial charge in [-0.05, 0) is 19.1 Å². The molecule has 0 aliphatic rings. The standard InChI is InChI=1S/C17H16N6O/c1-12-15(13-8-4-2-5-9-13)20-21-16(18-12)22-23-17(24)19-14-10-6-3-7-11-14/h2-11H,1H3,(H,18,21,22)(H2,19,23,24). The lowest BCUT2D eigenvalue weighted by Gasteiger charge is -2.10. The Bertz CT molecular complexity index is 823. The van der Waals surface area contributed by atoms with Crippen molar-refractivity contribution < 1.29 is 4.79 Å². The van der Waals surface area contributed by atoms with E-state index >= 15 is 0 Å². The lowest BCUT2D eigenvalue weighted by molar-refractivity contribution is 0.253. The Labute approximate surface area is 139 Å². The van der Waals surface area contributed by atoms with Gasteiger partial charge in [0.05, 0.1) is 5.69 Å². The van der Waals surface area contributed by atoms with Crippen molar-refractivity contribution in [2.75, 3.05) is 10.7 Å². The molecule has 0 fully saturated rings. The second-order valence-corrected chi connectivity index (χ2v) is 5.01. The number of aryl methyl sites for hydroxylation is 1. The van der Waals surface area contributed by atoms with Gasteiger partial charge in [0.2, 0.25) is 0 Å². The van der Waals surface area contributed by atoms with Crippen LogP contribution in [0.15, 0.2) is 60.7 Å². The first-order valence-corrected chi connectivity index (χ1v) is 7.37. The van der Waals surface area contributed by atoms with Crippen LogP contribution in [0.1, 0.15) is 5.69 Å². The van der Waals surface area contributed by atoms with Gasteiger partial charge in [0.1, 0.15) is 5.69 Å². The summed E-state index contributed by atoms with van der Waals surface area (Å²) in [5, 5.41) is 10.8. The molecule has 24 heavy (non-hydrogen) atoms. The molecule has 0 unspecified atom stereocenters. The zero-order valence-corrected chi connectivity index (χ0v) is 13.0. The highest BCUT2D eigenvalue weighted by Crippen LogP contribution is 2.18. The fourth-order valence-electron chi connectivity index (χ4n) is 2.12. The molecule has 1 aromatic heterocycles. The van der Waals surface area contributed by atoms with E-state index in [0.717, 1.165) is 5.56 Å². The Morgan fingerprint density at radius 1 is 0.917 bits per heavy atom. The molecule has 3 rings (SSSR count). The van der Waals surface area contributed by atoms with Crippen LogP contribution in [0, 0.1) is 6.92 Å². The van der Waals surface area contributed by atoms with Crippen LogP contribution < -0.4 is 16.2 Å². The summed E-state index contributed by atoms with van der Waals surface area (Å²) >= 11 is 0. The number of carbonyl (C=O) groups excluding carboxylic acids is 1. The van der Waals surface area contributed by atoms with E-state index in [-0.39, 0.29) is 5.95 Å². The van der Waals surface area contributed by atoms with Crippen molar-refractivity contribution in [1.29, 1.82) is 0 Å². The molecule has 0 aliphatic carbocycles. The summed E-state index contributed by atoms with van der Waals surface area (Å²) in [5.74, 6) is 0.218. The third-order valence-electron chi connectivity index (χ3n) is 3.23. The first kappa shape index (κ1) is 15.4. The zero-order valence-electron chi connectivity index (χ0n) is 13.0. The Morgan fingerprint density at radius 3 is 2.25 bits per heavy atom. The van der Waals surface area contributed by atoms with E-state index < -0.39 is 6.03 Å². The molecule has 1 heterocycles. The number of hydrogen-bond acceptors (Lipinski definition) is 5. The van der Waals surface area contributed by atoms with Crippen LogP contribution in [0.4, 0.5) is 16.4 Å². The fourth-order valence-corrected chi connectivity index (χ4v) is 2.12. The minimum atomic E-state index is -0.422. The molecule has 0 saturated carbocycles. The van der Waals surface area contributed by atoms with Gasteiger partial charge in [0.15, 0.2) is 0 Å². The van der Waals surface area contributed by atoms with Gasteiger partial charge < -0.3 is 5.32 Å². The number of aromatic nitrogens is 3. The monoisotopic (exact) mass is 320 g/mol. The number of nitrogens with zero attached hydrogens (tertiary/aromatic N) is 3.